The summed E-state index contributed by atoms with van der Waals surface area (Å²) in [6.07, 6.45) is 7.74. The number of hydrogen-bond acceptors (Lipinski definition) is 3. The zero-order valence-corrected chi connectivity index (χ0v) is 16.0. The quantitative estimate of drug-likeness (QED) is 0.818. The van der Waals surface area contributed by atoms with Gasteiger partial charge in [0.25, 0.3) is 0 Å². The van der Waals surface area contributed by atoms with Crippen molar-refractivity contribution >= 4 is 17.5 Å². The number of hydrogen-bond donors (Lipinski definition) is 0. The predicted octanol–water partition coefficient (Wildman–Crippen LogP) is 3.44. The Kier molecular flexibility index (Phi) is 5.55. The second-order valence-corrected chi connectivity index (χ2v) is 8.11. The van der Waals surface area contributed by atoms with Gasteiger partial charge in [0.05, 0.1) is 12.3 Å². The van der Waals surface area contributed by atoms with Crippen molar-refractivity contribution in [1.82, 2.24) is 9.91 Å². The van der Waals surface area contributed by atoms with Gasteiger partial charge in [-0.3, -0.25) is 9.59 Å². The molecular formula is C22H29N3O2. The van der Waals surface area contributed by atoms with Crippen LogP contribution in [-0.2, 0) is 9.59 Å². The molecule has 0 spiro atoms. The van der Waals surface area contributed by atoms with Gasteiger partial charge in [0.15, 0.2) is 0 Å². The summed E-state index contributed by atoms with van der Waals surface area (Å²) in [7, 11) is 0. The molecule has 144 valence electrons. The van der Waals surface area contributed by atoms with Crippen molar-refractivity contribution in [3.8, 4) is 0 Å². The van der Waals surface area contributed by atoms with E-state index in [4.69, 9.17) is 0 Å². The first kappa shape index (κ1) is 18.2. The van der Waals surface area contributed by atoms with Gasteiger partial charge in [-0.2, -0.15) is 5.10 Å². The summed E-state index contributed by atoms with van der Waals surface area (Å²) >= 11 is 0. The lowest BCUT2D eigenvalue weighted by atomic mass is 9.75. The molecule has 5 nitrogen and oxygen atoms in total. The molecule has 27 heavy (non-hydrogen) atoms. The summed E-state index contributed by atoms with van der Waals surface area (Å²) in [5, 5.41) is 6.02. The summed E-state index contributed by atoms with van der Waals surface area (Å²) in [6.45, 7) is 2.39. The van der Waals surface area contributed by atoms with Gasteiger partial charge in [-0.1, -0.05) is 49.6 Å². The van der Waals surface area contributed by atoms with Crippen LogP contribution in [0, 0.1) is 11.8 Å². The Bertz CT molecular complexity index is 716. The third kappa shape index (κ3) is 4.23. The van der Waals surface area contributed by atoms with Gasteiger partial charge >= 0.3 is 0 Å². The number of carbonyl (C=O) groups excluding carboxylic acids is 2. The van der Waals surface area contributed by atoms with Gasteiger partial charge in [-0.15, -0.1) is 0 Å². The van der Waals surface area contributed by atoms with Crippen molar-refractivity contribution in [3.63, 3.8) is 0 Å². The highest BCUT2D eigenvalue weighted by molar-refractivity contribution is 6.02. The number of nitrogens with zero attached hydrogens (tertiary/aromatic N) is 3. The van der Waals surface area contributed by atoms with E-state index in [9.17, 15) is 9.59 Å². The molecule has 0 radical (unpaired) electrons. The number of rotatable bonds is 4. The average molecular weight is 367 g/mol. The van der Waals surface area contributed by atoms with E-state index in [-0.39, 0.29) is 18.2 Å². The highest BCUT2D eigenvalue weighted by Gasteiger charge is 2.33. The minimum atomic E-state index is -0.0400. The number of piperidine rings is 1. The molecule has 1 aromatic carbocycles. The van der Waals surface area contributed by atoms with Crippen molar-refractivity contribution < 1.29 is 9.59 Å². The first-order chi connectivity index (χ1) is 13.2. The van der Waals surface area contributed by atoms with Crippen LogP contribution in [0.25, 0.3) is 0 Å². The molecule has 1 saturated heterocycles. The van der Waals surface area contributed by atoms with E-state index in [1.165, 1.54) is 25.7 Å². The minimum Gasteiger partial charge on any atom is -0.342 e. The number of carbonyl (C=O) groups is 2. The van der Waals surface area contributed by atoms with Crippen molar-refractivity contribution in [3.05, 3.63) is 35.9 Å². The van der Waals surface area contributed by atoms with Gasteiger partial charge in [0.2, 0.25) is 11.8 Å². The topological polar surface area (TPSA) is 53.0 Å². The molecule has 4 rings (SSSR count). The molecule has 2 heterocycles. The van der Waals surface area contributed by atoms with Crippen molar-refractivity contribution in [2.45, 2.75) is 51.4 Å². The van der Waals surface area contributed by atoms with Crippen molar-refractivity contribution in [1.29, 1.82) is 0 Å². The Balaban J connectivity index is 1.27. The number of amides is 2. The minimum absolute atomic E-state index is 0.0400. The smallest absolute Gasteiger partial charge is 0.243 e. The summed E-state index contributed by atoms with van der Waals surface area (Å²) in [6, 6.07) is 9.98. The fraction of sp³-hybridized carbons (Fsp3) is 0.591. The van der Waals surface area contributed by atoms with Gasteiger partial charge in [-0.25, -0.2) is 5.01 Å². The molecule has 0 aromatic heterocycles. The Labute approximate surface area is 161 Å². The maximum atomic E-state index is 12.6. The number of fused-ring (bicyclic) bond motifs is 1. The Morgan fingerprint density at radius 3 is 2.48 bits per heavy atom. The number of hydrazone groups is 1. The molecule has 5 heteroatoms. The molecule has 1 aromatic rings. The Morgan fingerprint density at radius 1 is 0.926 bits per heavy atom. The summed E-state index contributed by atoms with van der Waals surface area (Å²) in [5.41, 5.74) is 2.02. The van der Waals surface area contributed by atoms with Gasteiger partial charge in [0.1, 0.15) is 0 Å². The van der Waals surface area contributed by atoms with Crippen LogP contribution >= 0.6 is 0 Å². The average Bonchev–Trinajstić information content (AvgIpc) is 3.22. The second kappa shape index (κ2) is 8.24. The third-order valence-electron chi connectivity index (χ3n) is 6.39. The molecule has 2 fully saturated rings. The molecule has 0 N–H and O–H groups in total. The van der Waals surface area contributed by atoms with E-state index >= 15 is 0 Å². The molecule has 2 atom stereocenters. The van der Waals surface area contributed by atoms with Crippen LogP contribution in [0.15, 0.2) is 35.4 Å². The van der Waals surface area contributed by atoms with E-state index in [1.807, 2.05) is 35.2 Å². The highest BCUT2D eigenvalue weighted by atomic mass is 16.2. The lowest BCUT2D eigenvalue weighted by Crippen LogP contribution is -2.45. The largest absolute Gasteiger partial charge is 0.342 e. The molecule has 0 bridgehead atoms. The monoisotopic (exact) mass is 367 g/mol. The third-order valence-corrected chi connectivity index (χ3v) is 6.39. The Hall–Kier alpha value is -2.17. The van der Waals surface area contributed by atoms with Crippen LogP contribution < -0.4 is 0 Å². The van der Waals surface area contributed by atoms with Gasteiger partial charge < -0.3 is 4.90 Å². The first-order valence-electron chi connectivity index (χ1n) is 10.4. The van der Waals surface area contributed by atoms with Crippen molar-refractivity contribution in [2.24, 2.45) is 16.9 Å². The normalized spacial score (nSPS) is 25.1. The Morgan fingerprint density at radius 2 is 1.67 bits per heavy atom. The standard InChI is InChI=1S/C22H29N3O2/c26-21(24-14-12-17-6-4-5-9-19(17)16-24)10-11-22(27)25-15-13-20(23-25)18-7-2-1-3-8-18/h1-3,7-8,17,19H,4-6,9-16H2. The lowest BCUT2D eigenvalue weighted by molar-refractivity contribution is -0.138. The lowest BCUT2D eigenvalue weighted by Gasteiger charge is -2.41. The molecule has 3 aliphatic rings. The van der Waals surface area contributed by atoms with Gasteiger partial charge in [-0.05, 0) is 30.2 Å². The fourth-order valence-corrected chi connectivity index (χ4v) is 4.80. The molecule has 2 amide bonds. The van der Waals surface area contributed by atoms with E-state index in [0.717, 1.165) is 43.1 Å². The van der Waals surface area contributed by atoms with E-state index in [2.05, 4.69) is 5.10 Å². The van der Waals surface area contributed by atoms with Crippen molar-refractivity contribution in [2.75, 3.05) is 19.6 Å². The molecule has 1 aliphatic carbocycles. The van der Waals surface area contributed by atoms with Crippen LogP contribution in [-0.4, -0.2) is 47.1 Å². The molecule has 1 saturated carbocycles. The van der Waals surface area contributed by atoms with Crippen LogP contribution in [0.3, 0.4) is 0 Å². The maximum Gasteiger partial charge on any atom is 0.243 e. The van der Waals surface area contributed by atoms with Crippen LogP contribution in [0.2, 0.25) is 0 Å². The van der Waals surface area contributed by atoms with Gasteiger partial charge in [0, 0.05) is 32.4 Å². The molecule has 2 aliphatic heterocycles. The van der Waals surface area contributed by atoms with E-state index < -0.39 is 0 Å². The summed E-state index contributed by atoms with van der Waals surface area (Å²) < 4.78 is 0. The number of benzene rings is 1. The van der Waals surface area contributed by atoms with Crippen LogP contribution in [0.1, 0.15) is 56.9 Å². The van der Waals surface area contributed by atoms with E-state index in [1.54, 1.807) is 5.01 Å². The fourth-order valence-electron chi connectivity index (χ4n) is 4.80. The SMILES string of the molecule is O=C(CCC(=O)N1CCC(c2ccccc2)=N1)N1CCC2CCCCC2C1. The van der Waals surface area contributed by atoms with Crippen LogP contribution in [0.5, 0.6) is 0 Å². The summed E-state index contributed by atoms with van der Waals surface area (Å²) in [4.78, 5) is 27.1. The second-order valence-electron chi connectivity index (χ2n) is 8.11. The van der Waals surface area contributed by atoms with Crippen LogP contribution in [0.4, 0.5) is 0 Å². The molecule has 2 unspecified atom stereocenters. The zero-order chi connectivity index (χ0) is 18.6. The highest BCUT2D eigenvalue weighted by Crippen LogP contribution is 2.36. The van der Waals surface area contributed by atoms with E-state index in [0.29, 0.717) is 18.9 Å². The predicted molar refractivity (Wildman–Crippen MR) is 105 cm³/mol. The number of likely N-dealkylation sites (tertiary alicyclic amines) is 1. The summed E-state index contributed by atoms with van der Waals surface area (Å²) in [5.74, 6) is 1.60. The first-order valence-corrected chi connectivity index (χ1v) is 10.4. The zero-order valence-electron chi connectivity index (χ0n) is 16.0. The molecular weight excluding hydrogens is 338 g/mol. The maximum absolute atomic E-state index is 12.6.